The molecule has 0 aliphatic heterocycles. The van der Waals surface area contributed by atoms with Crippen molar-refractivity contribution in [3.63, 3.8) is 0 Å². The molecule has 1 heterocycles. The molecular weight excluding hydrogens is 471 g/mol. The van der Waals surface area contributed by atoms with Crippen LogP contribution in [0.2, 0.25) is 10.0 Å². The van der Waals surface area contributed by atoms with Crippen molar-refractivity contribution < 1.29 is 14.3 Å². The molecule has 7 heteroatoms. The summed E-state index contributed by atoms with van der Waals surface area (Å²) in [5.74, 6) is 1.14. The van der Waals surface area contributed by atoms with Crippen LogP contribution in [-0.4, -0.2) is 31.7 Å². The first-order chi connectivity index (χ1) is 16.5. The number of benzene rings is 3. The Hall–Kier alpha value is -3.15. The Labute approximate surface area is 209 Å². The quantitative estimate of drug-likeness (QED) is 0.282. The first-order valence-electron chi connectivity index (χ1n) is 11.0. The minimum Gasteiger partial charge on any atom is -0.493 e. The first-order valence-corrected chi connectivity index (χ1v) is 11.7. The van der Waals surface area contributed by atoms with E-state index in [4.69, 9.17) is 32.7 Å². The summed E-state index contributed by atoms with van der Waals surface area (Å²) in [7, 11) is 3.22. The van der Waals surface area contributed by atoms with Gasteiger partial charge in [-0.3, -0.25) is 4.79 Å². The summed E-state index contributed by atoms with van der Waals surface area (Å²) < 4.78 is 10.7. The zero-order chi connectivity index (χ0) is 24.1. The molecule has 0 saturated carbocycles. The van der Waals surface area contributed by atoms with E-state index >= 15 is 0 Å². The number of amides is 1. The number of aromatic nitrogens is 1. The van der Waals surface area contributed by atoms with Crippen LogP contribution in [0.25, 0.3) is 10.9 Å². The van der Waals surface area contributed by atoms with Crippen molar-refractivity contribution >= 4 is 40.0 Å². The molecule has 0 unspecified atom stereocenters. The average Bonchev–Trinajstić information content (AvgIpc) is 3.28. The first kappa shape index (κ1) is 24.0. The molecule has 34 heavy (non-hydrogen) atoms. The lowest BCUT2D eigenvalue weighted by Crippen LogP contribution is -2.27. The highest BCUT2D eigenvalue weighted by Gasteiger charge is 2.22. The van der Waals surface area contributed by atoms with Crippen molar-refractivity contribution in [3.8, 4) is 11.5 Å². The Kier molecular flexibility index (Phi) is 7.66. The van der Waals surface area contributed by atoms with Gasteiger partial charge in [-0.25, -0.2) is 0 Å². The van der Waals surface area contributed by atoms with Crippen LogP contribution < -0.4 is 14.8 Å². The number of para-hydroxylation sites is 1. The molecule has 0 aliphatic carbocycles. The Balaban J connectivity index is 1.50. The second kappa shape index (κ2) is 10.9. The van der Waals surface area contributed by atoms with Gasteiger partial charge in [0.2, 0.25) is 5.91 Å². The largest absolute Gasteiger partial charge is 0.493 e. The molecule has 1 amide bonds. The lowest BCUT2D eigenvalue weighted by atomic mass is 9.88. The van der Waals surface area contributed by atoms with E-state index in [1.165, 1.54) is 0 Å². The van der Waals surface area contributed by atoms with Crippen LogP contribution in [0.1, 0.15) is 29.0 Å². The lowest BCUT2D eigenvalue weighted by Gasteiger charge is -2.18. The summed E-state index contributed by atoms with van der Waals surface area (Å²) in [6, 6.07) is 19.4. The minimum atomic E-state index is -0.174. The predicted octanol–water partition coefficient (Wildman–Crippen LogP) is 6.37. The molecule has 0 bridgehead atoms. The molecule has 0 radical (unpaired) electrons. The Morgan fingerprint density at radius 1 is 0.971 bits per heavy atom. The zero-order valence-electron chi connectivity index (χ0n) is 19.0. The van der Waals surface area contributed by atoms with E-state index in [-0.39, 0.29) is 18.2 Å². The number of fused-ring (bicyclic) bond motifs is 1. The van der Waals surface area contributed by atoms with Crippen LogP contribution in [0.5, 0.6) is 11.5 Å². The molecule has 3 aromatic carbocycles. The van der Waals surface area contributed by atoms with E-state index in [0.717, 1.165) is 27.6 Å². The van der Waals surface area contributed by atoms with Crippen molar-refractivity contribution in [2.24, 2.45) is 0 Å². The molecule has 1 aromatic heterocycles. The molecular formula is C27H26Cl2N2O3. The Bertz CT molecular complexity index is 1300. The zero-order valence-corrected chi connectivity index (χ0v) is 20.5. The molecule has 4 aromatic rings. The second-order valence-electron chi connectivity index (χ2n) is 8.01. The fourth-order valence-corrected chi connectivity index (χ4v) is 4.47. The number of hydrogen-bond donors (Lipinski definition) is 2. The van der Waals surface area contributed by atoms with Gasteiger partial charge in [-0.05, 0) is 53.4 Å². The summed E-state index contributed by atoms with van der Waals surface area (Å²) in [4.78, 5) is 16.3. The van der Waals surface area contributed by atoms with Crippen LogP contribution in [-0.2, 0) is 11.2 Å². The lowest BCUT2D eigenvalue weighted by molar-refractivity contribution is -0.121. The number of aromatic amines is 1. The highest BCUT2D eigenvalue weighted by atomic mass is 35.5. The van der Waals surface area contributed by atoms with Gasteiger partial charge in [0.15, 0.2) is 11.5 Å². The van der Waals surface area contributed by atoms with Gasteiger partial charge in [0.25, 0.3) is 0 Å². The van der Waals surface area contributed by atoms with Gasteiger partial charge in [-0.15, -0.1) is 0 Å². The monoisotopic (exact) mass is 496 g/mol. The number of carbonyl (C=O) groups is 1. The number of methoxy groups -OCH3 is 2. The van der Waals surface area contributed by atoms with Crippen LogP contribution >= 0.6 is 23.2 Å². The summed E-state index contributed by atoms with van der Waals surface area (Å²) in [6.07, 6.45) is 2.93. The normalized spacial score (nSPS) is 11.9. The molecule has 0 fully saturated rings. The molecule has 0 saturated heterocycles. The summed E-state index contributed by atoms with van der Waals surface area (Å²) >= 11 is 12.5. The maximum Gasteiger partial charge on any atom is 0.220 e. The van der Waals surface area contributed by atoms with Crippen molar-refractivity contribution in [3.05, 3.63) is 93.6 Å². The predicted molar refractivity (Wildman–Crippen MR) is 137 cm³/mol. The average molecular weight is 497 g/mol. The van der Waals surface area contributed by atoms with Crippen LogP contribution in [0.3, 0.4) is 0 Å². The van der Waals surface area contributed by atoms with E-state index in [1.54, 1.807) is 20.3 Å². The highest BCUT2D eigenvalue weighted by Crippen LogP contribution is 2.36. The Morgan fingerprint density at radius 3 is 2.53 bits per heavy atom. The number of halogens is 2. The summed E-state index contributed by atoms with van der Waals surface area (Å²) in [5.41, 5.74) is 4.06. The number of carbonyl (C=O) groups excluding carboxylic acids is 1. The standard InChI is InChI=1S/C27H26Cl2N2O3/c1-33-25-10-7-17(13-26(25)34-2)11-12-30-27(32)15-20(18-8-9-22(28)23(29)14-18)21-16-31-24-6-4-3-5-19(21)24/h3-10,13-14,16,20,31H,11-12,15H2,1-2H3,(H,30,32)/t20-/m0/s1. The van der Waals surface area contributed by atoms with E-state index in [0.29, 0.717) is 34.5 Å². The van der Waals surface area contributed by atoms with Crippen molar-refractivity contribution in [1.29, 1.82) is 0 Å². The molecule has 5 nitrogen and oxygen atoms in total. The number of H-pyrrole nitrogens is 1. The highest BCUT2D eigenvalue weighted by molar-refractivity contribution is 6.42. The number of ether oxygens (including phenoxy) is 2. The van der Waals surface area contributed by atoms with Gasteiger partial charge < -0.3 is 19.8 Å². The third-order valence-corrected chi connectivity index (χ3v) is 6.66. The SMILES string of the molecule is COc1ccc(CCNC(=O)C[C@@H](c2ccc(Cl)c(Cl)c2)c2c[nH]c3ccccc23)cc1OC. The fraction of sp³-hybridized carbons (Fsp3) is 0.222. The second-order valence-corrected chi connectivity index (χ2v) is 8.82. The van der Waals surface area contributed by atoms with E-state index in [1.807, 2.05) is 54.7 Å². The van der Waals surface area contributed by atoms with E-state index < -0.39 is 0 Å². The van der Waals surface area contributed by atoms with E-state index in [9.17, 15) is 4.79 Å². The number of nitrogens with one attached hydrogen (secondary N) is 2. The molecule has 2 N–H and O–H groups in total. The number of rotatable bonds is 9. The maximum absolute atomic E-state index is 13.0. The summed E-state index contributed by atoms with van der Waals surface area (Å²) in [5, 5.41) is 5.09. The Morgan fingerprint density at radius 2 is 1.76 bits per heavy atom. The maximum atomic E-state index is 13.0. The molecule has 4 rings (SSSR count). The topological polar surface area (TPSA) is 63.3 Å². The minimum absolute atomic E-state index is 0.0400. The number of hydrogen-bond acceptors (Lipinski definition) is 3. The third-order valence-electron chi connectivity index (χ3n) is 5.92. The molecule has 0 aliphatic rings. The summed E-state index contributed by atoms with van der Waals surface area (Å²) in [6.45, 7) is 0.510. The van der Waals surface area contributed by atoms with Crippen LogP contribution in [0.4, 0.5) is 0 Å². The van der Waals surface area contributed by atoms with E-state index in [2.05, 4.69) is 16.4 Å². The molecule has 176 valence electrons. The smallest absolute Gasteiger partial charge is 0.220 e. The fourth-order valence-electron chi connectivity index (χ4n) is 4.16. The van der Waals surface area contributed by atoms with Crippen molar-refractivity contribution in [2.75, 3.05) is 20.8 Å². The van der Waals surface area contributed by atoms with Gasteiger partial charge in [-0.1, -0.05) is 53.5 Å². The van der Waals surface area contributed by atoms with Gasteiger partial charge in [0.1, 0.15) is 0 Å². The van der Waals surface area contributed by atoms with Crippen LogP contribution in [0.15, 0.2) is 66.9 Å². The van der Waals surface area contributed by atoms with Gasteiger partial charge in [-0.2, -0.15) is 0 Å². The van der Waals surface area contributed by atoms with Crippen LogP contribution in [0, 0.1) is 0 Å². The van der Waals surface area contributed by atoms with Gasteiger partial charge in [0, 0.05) is 36.0 Å². The third kappa shape index (κ3) is 5.32. The molecule has 0 spiro atoms. The van der Waals surface area contributed by atoms with Gasteiger partial charge in [0.05, 0.1) is 24.3 Å². The van der Waals surface area contributed by atoms with Crippen molar-refractivity contribution in [1.82, 2.24) is 10.3 Å². The van der Waals surface area contributed by atoms with Gasteiger partial charge >= 0.3 is 0 Å². The molecule has 1 atom stereocenters. The van der Waals surface area contributed by atoms with Crippen molar-refractivity contribution in [2.45, 2.75) is 18.8 Å².